The first-order chi connectivity index (χ1) is 13.0. The summed E-state index contributed by atoms with van der Waals surface area (Å²) in [7, 11) is 0. The second-order valence-corrected chi connectivity index (χ2v) is 7.86. The van der Waals surface area contributed by atoms with E-state index in [1.54, 1.807) is 18.2 Å². The average molecular weight is 386 g/mol. The van der Waals surface area contributed by atoms with Crippen LogP contribution in [0, 0.1) is 11.7 Å². The molecule has 2 aliphatic heterocycles. The summed E-state index contributed by atoms with van der Waals surface area (Å²) in [6, 6.07) is 6.29. The molecule has 0 unspecified atom stereocenters. The summed E-state index contributed by atoms with van der Waals surface area (Å²) in [6.07, 6.45) is 2.94. The number of carbonyl (C=O) groups excluding carboxylic acids is 1. The van der Waals surface area contributed by atoms with Gasteiger partial charge in [0.05, 0.1) is 12.7 Å². The Labute approximate surface area is 160 Å². The summed E-state index contributed by atoms with van der Waals surface area (Å²) < 4.78 is 20.6. The number of aliphatic imine (C=N–C) groups is 1. The maximum absolute atomic E-state index is 14.8. The summed E-state index contributed by atoms with van der Waals surface area (Å²) in [5, 5.41) is 0.436. The third kappa shape index (κ3) is 3.23. The maximum Gasteiger partial charge on any atom is 0.185 e. The summed E-state index contributed by atoms with van der Waals surface area (Å²) in [6.45, 7) is 2.25. The topological polar surface area (TPSA) is 90.5 Å². The SMILES string of the molecule is C[C@H]1OC[C@]2(c3cc(CC(=O)c4ccncn4)ccc3F)N=C(N)SC[C@H]12. The van der Waals surface area contributed by atoms with Crippen LogP contribution in [-0.2, 0) is 16.7 Å². The van der Waals surface area contributed by atoms with Crippen LogP contribution in [-0.4, -0.2) is 39.4 Å². The maximum atomic E-state index is 14.8. The van der Waals surface area contributed by atoms with Crippen LogP contribution in [0.4, 0.5) is 4.39 Å². The lowest BCUT2D eigenvalue weighted by Crippen LogP contribution is -2.41. The number of rotatable bonds is 4. The molecule has 140 valence electrons. The quantitative estimate of drug-likeness (QED) is 0.811. The van der Waals surface area contributed by atoms with Crippen molar-refractivity contribution < 1.29 is 13.9 Å². The molecule has 27 heavy (non-hydrogen) atoms. The van der Waals surface area contributed by atoms with Crippen molar-refractivity contribution in [3.8, 4) is 0 Å². The molecule has 2 aliphatic rings. The van der Waals surface area contributed by atoms with Crippen LogP contribution in [0.2, 0.25) is 0 Å². The van der Waals surface area contributed by atoms with E-state index >= 15 is 0 Å². The molecule has 6 nitrogen and oxygen atoms in total. The van der Waals surface area contributed by atoms with Crippen LogP contribution in [0.3, 0.4) is 0 Å². The molecule has 0 saturated carbocycles. The van der Waals surface area contributed by atoms with Crippen molar-refractivity contribution in [1.82, 2.24) is 9.97 Å². The van der Waals surface area contributed by atoms with E-state index < -0.39 is 5.54 Å². The van der Waals surface area contributed by atoms with Gasteiger partial charge in [-0.3, -0.25) is 4.79 Å². The number of thioether (sulfide) groups is 1. The molecule has 3 heterocycles. The Morgan fingerprint density at radius 2 is 2.30 bits per heavy atom. The number of halogens is 1. The van der Waals surface area contributed by atoms with Crippen LogP contribution in [0.25, 0.3) is 0 Å². The van der Waals surface area contributed by atoms with Gasteiger partial charge in [-0.25, -0.2) is 19.4 Å². The molecule has 0 bridgehead atoms. The lowest BCUT2D eigenvalue weighted by Gasteiger charge is -2.35. The Morgan fingerprint density at radius 1 is 1.44 bits per heavy atom. The number of carbonyl (C=O) groups is 1. The first-order valence-corrected chi connectivity index (χ1v) is 9.66. The van der Waals surface area contributed by atoms with Crippen molar-refractivity contribution in [2.75, 3.05) is 12.4 Å². The normalized spacial score (nSPS) is 27.1. The van der Waals surface area contributed by atoms with Crippen molar-refractivity contribution >= 4 is 22.7 Å². The highest BCUT2D eigenvalue weighted by Crippen LogP contribution is 2.48. The Morgan fingerprint density at radius 3 is 3.07 bits per heavy atom. The number of ketones is 1. The van der Waals surface area contributed by atoms with Gasteiger partial charge in [-0.05, 0) is 30.7 Å². The molecule has 0 amide bonds. The zero-order chi connectivity index (χ0) is 19.0. The number of nitrogens with zero attached hydrogens (tertiary/aromatic N) is 3. The molecule has 0 spiro atoms. The summed E-state index contributed by atoms with van der Waals surface area (Å²) >= 11 is 1.47. The highest BCUT2D eigenvalue weighted by molar-refractivity contribution is 8.13. The molecular weight excluding hydrogens is 367 g/mol. The molecule has 1 saturated heterocycles. The fraction of sp³-hybridized carbons (Fsp3) is 0.368. The van der Waals surface area contributed by atoms with Crippen molar-refractivity contribution in [2.24, 2.45) is 16.6 Å². The van der Waals surface area contributed by atoms with Crippen molar-refractivity contribution in [3.63, 3.8) is 0 Å². The summed E-state index contributed by atoms with van der Waals surface area (Å²) in [5.74, 6) is 0.235. The number of hydrogen-bond acceptors (Lipinski definition) is 7. The van der Waals surface area contributed by atoms with Gasteiger partial charge in [0.25, 0.3) is 0 Å². The molecule has 2 N–H and O–H groups in total. The highest BCUT2D eigenvalue weighted by atomic mass is 32.2. The first-order valence-electron chi connectivity index (χ1n) is 8.67. The summed E-state index contributed by atoms with van der Waals surface area (Å²) in [5.41, 5.74) is 6.61. The van der Waals surface area contributed by atoms with Gasteiger partial charge in [-0.2, -0.15) is 0 Å². The Kier molecular flexibility index (Phi) is 4.69. The number of fused-ring (bicyclic) bond motifs is 1. The van der Waals surface area contributed by atoms with Gasteiger partial charge in [-0.15, -0.1) is 0 Å². The Hall–Kier alpha value is -2.32. The molecule has 1 aromatic heterocycles. The molecule has 3 atom stereocenters. The third-order valence-corrected chi connectivity index (χ3v) is 6.11. The van der Waals surface area contributed by atoms with E-state index in [1.807, 2.05) is 6.92 Å². The minimum atomic E-state index is -0.840. The fourth-order valence-corrected chi connectivity index (χ4v) is 4.87. The fourth-order valence-electron chi connectivity index (χ4n) is 3.75. The molecule has 2 aromatic rings. The molecule has 1 fully saturated rings. The van der Waals surface area contributed by atoms with Gasteiger partial charge >= 0.3 is 0 Å². The largest absolute Gasteiger partial charge is 0.379 e. The van der Waals surface area contributed by atoms with E-state index in [0.29, 0.717) is 22.0 Å². The Bertz CT molecular complexity index is 908. The minimum absolute atomic E-state index is 0.0251. The van der Waals surface area contributed by atoms with E-state index in [0.717, 1.165) is 5.75 Å². The van der Waals surface area contributed by atoms with Crippen LogP contribution < -0.4 is 5.73 Å². The standard InChI is InChI=1S/C19H19FN4O2S/c1-11-14-8-27-18(21)24-19(14,9-26-11)13-6-12(2-3-15(13)20)7-17(25)16-4-5-22-10-23-16/h2-6,10-11,14H,7-9H2,1H3,(H2,21,24)/t11-,14-,19-/m1/s1. The van der Waals surface area contributed by atoms with E-state index in [4.69, 9.17) is 10.5 Å². The minimum Gasteiger partial charge on any atom is -0.379 e. The van der Waals surface area contributed by atoms with Crippen LogP contribution in [0.5, 0.6) is 0 Å². The predicted molar refractivity (Wildman–Crippen MR) is 101 cm³/mol. The number of benzene rings is 1. The van der Waals surface area contributed by atoms with Gasteiger partial charge < -0.3 is 10.5 Å². The van der Waals surface area contributed by atoms with Gasteiger partial charge in [-0.1, -0.05) is 17.8 Å². The molecular formula is C19H19FN4O2S. The number of hydrogen-bond donors (Lipinski definition) is 1. The van der Waals surface area contributed by atoms with Crippen LogP contribution in [0.15, 0.2) is 41.8 Å². The zero-order valence-electron chi connectivity index (χ0n) is 14.8. The smallest absolute Gasteiger partial charge is 0.185 e. The van der Waals surface area contributed by atoms with Crippen molar-refractivity contribution in [3.05, 3.63) is 59.4 Å². The first kappa shape index (κ1) is 18.1. The van der Waals surface area contributed by atoms with E-state index in [-0.39, 0.29) is 36.7 Å². The van der Waals surface area contributed by atoms with Gasteiger partial charge in [0.15, 0.2) is 11.0 Å². The van der Waals surface area contributed by atoms with Crippen molar-refractivity contribution in [2.45, 2.75) is 25.0 Å². The average Bonchev–Trinajstić information content (AvgIpc) is 3.00. The molecule has 0 aliphatic carbocycles. The van der Waals surface area contributed by atoms with E-state index in [2.05, 4.69) is 15.0 Å². The number of amidine groups is 1. The van der Waals surface area contributed by atoms with Crippen LogP contribution in [0.1, 0.15) is 28.5 Å². The number of Topliss-reactive ketones (excluding diaryl/α,β-unsaturated/α-hetero) is 1. The second kappa shape index (κ2) is 7.01. The third-order valence-electron chi connectivity index (χ3n) is 5.20. The molecule has 1 aromatic carbocycles. The number of ether oxygens (including phenoxy) is 1. The van der Waals surface area contributed by atoms with Gasteiger partial charge in [0, 0.05) is 29.9 Å². The highest BCUT2D eigenvalue weighted by Gasteiger charge is 2.52. The Balaban J connectivity index is 1.70. The zero-order valence-corrected chi connectivity index (χ0v) is 15.6. The van der Waals surface area contributed by atoms with Crippen LogP contribution >= 0.6 is 11.8 Å². The molecule has 4 rings (SSSR count). The lowest BCUT2D eigenvalue weighted by atomic mass is 9.78. The molecule has 0 radical (unpaired) electrons. The van der Waals surface area contributed by atoms with E-state index in [9.17, 15) is 9.18 Å². The molecule has 8 heteroatoms. The summed E-state index contributed by atoms with van der Waals surface area (Å²) in [4.78, 5) is 24.9. The monoisotopic (exact) mass is 386 g/mol. The second-order valence-electron chi connectivity index (χ2n) is 6.82. The predicted octanol–water partition coefficient (Wildman–Crippen LogP) is 2.33. The lowest BCUT2D eigenvalue weighted by molar-refractivity contribution is 0.0988. The number of aromatic nitrogens is 2. The van der Waals surface area contributed by atoms with E-state index in [1.165, 1.54) is 30.4 Å². The van der Waals surface area contributed by atoms with Gasteiger partial charge in [0.2, 0.25) is 0 Å². The van der Waals surface area contributed by atoms with Crippen molar-refractivity contribution in [1.29, 1.82) is 0 Å². The number of nitrogens with two attached hydrogens (primary N) is 1. The van der Waals surface area contributed by atoms with Gasteiger partial charge in [0.1, 0.15) is 23.4 Å².